The molecule has 1 aliphatic heterocycles. The molecule has 0 bridgehead atoms. The first kappa shape index (κ1) is 18.0. The summed E-state index contributed by atoms with van der Waals surface area (Å²) < 4.78 is 43.7. The van der Waals surface area contributed by atoms with Crippen LogP contribution in [0.4, 0.5) is 18.0 Å². The van der Waals surface area contributed by atoms with Gasteiger partial charge >= 0.3 is 12.2 Å². The van der Waals surface area contributed by atoms with Gasteiger partial charge in [0.05, 0.1) is 19.3 Å². The van der Waals surface area contributed by atoms with Crippen molar-refractivity contribution in [1.82, 2.24) is 25.7 Å². The Bertz CT molecular complexity index is 616. The zero-order chi connectivity index (χ0) is 17.9. The van der Waals surface area contributed by atoms with Gasteiger partial charge < -0.3 is 20.3 Å². The molecule has 0 spiro atoms. The Kier molecular flexibility index (Phi) is 5.32. The average Bonchev–Trinajstić information content (AvgIpc) is 2.94. The Balaban J connectivity index is 2.17. The standard InChI is InChI=1S/C13H18F3N5O3/c1-7-9(19-20-10(7)13(14,15)16)11(22)21-3-4-24-6-8(21)5-18-12(23)17-2/h8H,3-6H2,1-2H3,(H,19,20)(H2,17,18,23)/t8-/m0/s1. The fourth-order valence-electron chi connectivity index (χ4n) is 2.41. The van der Waals surface area contributed by atoms with Crippen LogP contribution >= 0.6 is 0 Å². The van der Waals surface area contributed by atoms with Crippen molar-refractivity contribution in [3.63, 3.8) is 0 Å². The van der Waals surface area contributed by atoms with E-state index < -0.39 is 29.9 Å². The molecule has 0 unspecified atom stereocenters. The molecule has 24 heavy (non-hydrogen) atoms. The fraction of sp³-hybridized carbons (Fsp3) is 0.615. The molecule has 2 heterocycles. The highest BCUT2D eigenvalue weighted by atomic mass is 19.4. The van der Waals surface area contributed by atoms with Crippen molar-refractivity contribution in [1.29, 1.82) is 0 Å². The van der Waals surface area contributed by atoms with Gasteiger partial charge in [-0.25, -0.2) is 4.79 Å². The summed E-state index contributed by atoms with van der Waals surface area (Å²) in [5.74, 6) is -0.633. The molecule has 11 heteroatoms. The van der Waals surface area contributed by atoms with Crippen LogP contribution < -0.4 is 10.6 Å². The van der Waals surface area contributed by atoms with Gasteiger partial charge in [-0.1, -0.05) is 0 Å². The number of amides is 3. The van der Waals surface area contributed by atoms with Crippen LogP contribution in [0.25, 0.3) is 0 Å². The third-order valence-electron chi connectivity index (χ3n) is 3.71. The highest BCUT2D eigenvalue weighted by Gasteiger charge is 2.38. The molecule has 8 nitrogen and oxygen atoms in total. The van der Waals surface area contributed by atoms with E-state index in [1.165, 1.54) is 18.9 Å². The second-order valence-electron chi connectivity index (χ2n) is 5.26. The molecule has 0 radical (unpaired) electrons. The molecule has 0 aliphatic carbocycles. The van der Waals surface area contributed by atoms with Crippen LogP contribution in [0.15, 0.2) is 0 Å². The van der Waals surface area contributed by atoms with Gasteiger partial charge in [0, 0.05) is 25.7 Å². The van der Waals surface area contributed by atoms with Crippen LogP contribution in [0.1, 0.15) is 21.7 Å². The van der Waals surface area contributed by atoms with Crippen molar-refractivity contribution in [3.8, 4) is 0 Å². The molecule has 1 aromatic rings. The van der Waals surface area contributed by atoms with E-state index in [1.54, 1.807) is 0 Å². The Labute approximate surface area is 135 Å². The maximum absolute atomic E-state index is 12.8. The number of hydrogen-bond donors (Lipinski definition) is 3. The molecule has 2 rings (SSSR count). The number of morpholine rings is 1. The van der Waals surface area contributed by atoms with Crippen LogP contribution in [0.3, 0.4) is 0 Å². The van der Waals surface area contributed by atoms with Gasteiger partial charge in [-0.15, -0.1) is 0 Å². The van der Waals surface area contributed by atoms with E-state index in [1.807, 2.05) is 5.10 Å². The number of rotatable bonds is 3. The Morgan fingerprint density at radius 3 is 2.75 bits per heavy atom. The van der Waals surface area contributed by atoms with E-state index in [9.17, 15) is 22.8 Å². The number of aromatic nitrogens is 2. The van der Waals surface area contributed by atoms with Crippen molar-refractivity contribution in [2.75, 3.05) is 33.4 Å². The number of H-pyrrole nitrogens is 1. The Morgan fingerprint density at radius 2 is 2.17 bits per heavy atom. The van der Waals surface area contributed by atoms with E-state index in [0.29, 0.717) is 0 Å². The first-order valence-corrected chi connectivity index (χ1v) is 7.22. The molecule has 1 saturated heterocycles. The molecule has 0 saturated carbocycles. The number of nitrogens with zero attached hydrogens (tertiary/aromatic N) is 2. The zero-order valence-electron chi connectivity index (χ0n) is 13.2. The highest BCUT2D eigenvalue weighted by Crippen LogP contribution is 2.31. The summed E-state index contributed by atoms with van der Waals surface area (Å²) >= 11 is 0. The molecule has 134 valence electrons. The maximum atomic E-state index is 12.8. The summed E-state index contributed by atoms with van der Waals surface area (Å²) in [6, 6.07) is -0.919. The Morgan fingerprint density at radius 1 is 1.46 bits per heavy atom. The van der Waals surface area contributed by atoms with Crippen LogP contribution in [0, 0.1) is 6.92 Å². The number of halogens is 3. The Hall–Kier alpha value is -2.30. The van der Waals surface area contributed by atoms with Gasteiger partial charge in [-0.2, -0.15) is 18.3 Å². The van der Waals surface area contributed by atoms with Gasteiger partial charge in [0.2, 0.25) is 0 Å². The lowest BCUT2D eigenvalue weighted by molar-refractivity contribution is -0.141. The predicted molar refractivity (Wildman–Crippen MR) is 76.4 cm³/mol. The molecular formula is C13H18F3N5O3. The van der Waals surface area contributed by atoms with Crippen molar-refractivity contribution in [2.45, 2.75) is 19.1 Å². The first-order valence-electron chi connectivity index (χ1n) is 7.22. The van der Waals surface area contributed by atoms with Crippen LogP contribution in [0.5, 0.6) is 0 Å². The summed E-state index contributed by atoms with van der Waals surface area (Å²) in [5, 5.41) is 10.3. The third kappa shape index (κ3) is 3.78. The second-order valence-corrected chi connectivity index (χ2v) is 5.26. The molecule has 1 fully saturated rings. The minimum atomic E-state index is -4.61. The van der Waals surface area contributed by atoms with E-state index in [0.717, 1.165) is 0 Å². The van der Waals surface area contributed by atoms with Gasteiger partial charge in [0.25, 0.3) is 5.91 Å². The normalized spacial score (nSPS) is 18.4. The van der Waals surface area contributed by atoms with Crippen molar-refractivity contribution in [2.24, 2.45) is 0 Å². The minimum Gasteiger partial charge on any atom is -0.377 e. The summed E-state index contributed by atoms with van der Waals surface area (Å²) in [5.41, 5.74) is -1.58. The number of hydrogen-bond acceptors (Lipinski definition) is 4. The zero-order valence-corrected chi connectivity index (χ0v) is 13.2. The van der Waals surface area contributed by atoms with Crippen LogP contribution in [0.2, 0.25) is 0 Å². The van der Waals surface area contributed by atoms with Gasteiger partial charge in [0.15, 0.2) is 5.69 Å². The number of carbonyl (C=O) groups excluding carboxylic acids is 2. The lowest BCUT2D eigenvalue weighted by Crippen LogP contribution is -2.54. The summed E-state index contributed by atoms with van der Waals surface area (Å²) in [6.07, 6.45) is -4.61. The number of alkyl halides is 3. The second kappa shape index (κ2) is 7.07. The van der Waals surface area contributed by atoms with E-state index >= 15 is 0 Å². The summed E-state index contributed by atoms with van der Waals surface area (Å²) in [4.78, 5) is 25.2. The third-order valence-corrected chi connectivity index (χ3v) is 3.71. The summed E-state index contributed by atoms with van der Waals surface area (Å²) in [7, 11) is 1.45. The largest absolute Gasteiger partial charge is 0.433 e. The maximum Gasteiger partial charge on any atom is 0.433 e. The van der Waals surface area contributed by atoms with Crippen molar-refractivity contribution < 1.29 is 27.5 Å². The molecule has 0 aromatic carbocycles. The molecule has 3 amide bonds. The smallest absolute Gasteiger partial charge is 0.377 e. The number of aromatic amines is 1. The SMILES string of the molecule is CNC(=O)NC[C@H]1COCCN1C(=O)c1n[nH]c(C(F)(F)F)c1C. The monoisotopic (exact) mass is 349 g/mol. The lowest BCUT2D eigenvalue weighted by Gasteiger charge is -2.35. The number of carbonyl (C=O) groups is 2. The van der Waals surface area contributed by atoms with Gasteiger partial charge in [-0.3, -0.25) is 9.89 Å². The van der Waals surface area contributed by atoms with Crippen molar-refractivity contribution in [3.05, 3.63) is 17.0 Å². The first-order chi connectivity index (χ1) is 11.3. The van der Waals surface area contributed by atoms with Crippen LogP contribution in [-0.2, 0) is 10.9 Å². The van der Waals surface area contributed by atoms with E-state index in [-0.39, 0.29) is 37.6 Å². The fourth-order valence-corrected chi connectivity index (χ4v) is 2.41. The van der Waals surface area contributed by atoms with E-state index in [4.69, 9.17) is 4.74 Å². The summed E-state index contributed by atoms with van der Waals surface area (Å²) in [6.45, 7) is 1.94. The van der Waals surface area contributed by atoms with Crippen molar-refractivity contribution >= 4 is 11.9 Å². The number of urea groups is 1. The molecule has 1 atom stereocenters. The highest BCUT2D eigenvalue weighted by molar-refractivity contribution is 5.94. The molecule has 3 N–H and O–H groups in total. The van der Waals surface area contributed by atoms with Crippen LogP contribution in [-0.4, -0.2) is 66.4 Å². The predicted octanol–water partition coefficient (Wildman–Crippen LogP) is 0.507. The number of ether oxygens (including phenoxy) is 1. The lowest BCUT2D eigenvalue weighted by atomic mass is 10.1. The molecular weight excluding hydrogens is 331 g/mol. The average molecular weight is 349 g/mol. The molecule has 1 aromatic heterocycles. The minimum absolute atomic E-state index is 0.112. The topological polar surface area (TPSA) is 99.3 Å². The van der Waals surface area contributed by atoms with Gasteiger partial charge in [-0.05, 0) is 6.92 Å². The number of nitrogens with one attached hydrogen (secondary N) is 3. The van der Waals surface area contributed by atoms with E-state index in [2.05, 4.69) is 15.7 Å². The molecule has 1 aliphatic rings. The van der Waals surface area contributed by atoms with Gasteiger partial charge in [0.1, 0.15) is 5.69 Å². The quantitative estimate of drug-likeness (QED) is 0.740.